The average Bonchev–Trinajstić information content (AvgIpc) is 2.50. The maximum absolute atomic E-state index is 12.8. The Balaban J connectivity index is 2.17. The van der Waals surface area contributed by atoms with Crippen LogP contribution in [-0.4, -0.2) is 22.6 Å². The first-order valence-electron chi connectivity index (χ1n) is 7.81. The molecule has 24 heavy (non-hydrogen) atoms. The van der Waals surface area contributed by atoms with E-state index in [1.807, 2.05) is 32.9 Å². The van der Waals surface area contributed by atoms with Crippen LogP contribution in [0.3, 0.4) is 0 Å². The third-order valence-electron chi connectivity index (χ3n) is 3.42. The lowest BCUT2D eigenvalue weighted by Gasteiger charge is -2.21. The highest BCUT2D eigenvalue weighted by Crippen LogP contribution is 2.19. The topological polar surface area (TPSA) is 44.1 Å². The van der Waals surface area contributed by atoms with Crippen LogP contribution in [0.2, 0.25) is 5.02 Å². The molecule has 1 aromatic carbocycles. The second-order valence-corrected chi connectivity index (χ2v) is 7.16. The summed E-state index contributed by atoms with van der Waals surface area (Å²) in [5.41, 5.74) is 0.922. The molecule has 0 saturated heterocycles. The molecule has 2 aromatic rings. The predicted molar refractivity (Wildman–Crippen MR) is 93.8 cm³/mol. The van der Waals surface area contributed by atoms with Crippen molar-refractivity contribution < 1.29 is 9.13 Å². The molecule has 1 heterocycles. The number of hydrogen-bond acceptors (Lipinski definition) is 3. The number of aromatic nitrogens is 2. The molecule has 0 amide bonds. The lowest BCUT2D eigenvalue weighted by molar-refractivity contribution is 0.210. The van der Waals surface area contributed by atoms with Gasteiger partial charge in [0, 0.05) is 12.0 Å². The Kier molecular flexibility index (Phi) is 5.65. The fraction of sp³-hybridized carbons (Fsp3) is 0.444. The van der Waals surface area contributed by atoms with Gasteiger partial charge >= 0.3 is 0 Å². The van der Waals surface area contributed by atoms with Gasteiger partial charge in [0.15, 0.2) is 0 Å². The molecule has 2 rings (SSSR count). The molecule has 0 radical (unpaired) electrons. The predicted octanol–water partition coefficient (Wildman–Crippen LogP) is 3.98. The maximum Gasteiger partial charge on any atom is 0.286 e. The van der Waals surface area contributed by atoms with E-state index in [1.165, 1.54) is 11.6 Å². The first kappa shape index (κ1) is 18.5. The highest BCUT2D eigenvalue weighted by molar-refractivity contribution is 6.31. The van der Waals surface area contributed by atoms with Gasteiger partial charge in [-0.15, -0.1) is 0 Å². The number of nitrogens with zero attached hydrogens (tertiary/aromatic N) is 2. The summed E-state index contributed by atoms with van der Waals surface area (Å²) in [4.78, 5) is 12.3. The van der Waals surface area contributed by atoms with Crippen molar-refractivity contribution in [1.82, 2.24) is 9.78 Å². The van der Waals surface area contributed by atoms with E-state index in [-0.39, 0.29) is 17.2 Å². The highest BCUT2D eigenvalue weighted by atomic mass is 35.5. The van der Waals surface area contributed by atoms with E-state index >= 15 is 0 Å². The standard InChI is InChI=1S/C18H22ClFN2O2/c1-12(20)11-24-15-7-5-13(6-8-15)9-14-10-21-22(18(2,3)4)17(23)16(14)19/h5-8,10,12H,9,11H2,1-4H3. The van der Waals surface area contributed by atoms with Crippen LogP contribution in [0, 0.1) is 0 Å². The summed E-state index contributed by atoms with van der Waals surface area (Å²) in [6.45, 7) is 7.17. The minimum atomic E-state index is -1.01. The molecule has 1 unspecified atom stereocenters. The summed E-state index contributed by atoms with van der Waals surface area (Å²) in [6, 6.07) is 7.28. The van der Waals surface area contributed by atoms with E-state index in [9.17, 15) is 9.18 Å². The molecule has 4 nitrogen and oxygen atoms in total. The lowest BCUT2D eigenvalue weighted by atomic mass is 10.1. The molecule has 0 N–H and O–H groups in total. The van der Waals surface area contributed by atoms with Crippen molar-refractivity contribution in [3.63, 3.8) is 0 Å². The molecule has 0 fully saturated rings. The SMILES string of the molecule is CC(F)COc1ccc(Cc2cnn(C(C)(C)C)c(=O)c2Cl)cc1. The summed E-state index contributed by atoms with van der Waals surface area (Å²) in [6.07, 6.45) is 1.11. The summed E-state index contributed by atoms with van der Waals surface area (Å²) in [5.74, 6) is 0.607. The minimum Gasteiger partial charge on any atom is -0.491 e. The van der Waals surface area contributed by atoms with Crippen LogP contribution >= 0.6 is 11.6 Å². The number of halogens is 2. The maximum atomic E-state index is 12.8. The Morgan fingerprint density at radius 1 is 1.29 bits per heavy atom. The fourth-order valence-corrected chi connectivity index (χ4v) is 2.40. The number of alkyl halides is 1. The second kappa shape index (κ2) is 7.34. The van der Waals surface area contributed by atoms with Gasteiger partial charge in [0.25, 0.3) is 5.56 Å². The molecule has 0 saturated carbocycles. The van der Waals surface area contributed by atoms with E-state index in [0.717, 1.165) is 5.56 Å². The summed E-state index contributed by atoms with van der Waals surface area (Å²) < 4.78 is 19.5. The molecule has 130 valence electrons. The summed E-state index contributed by atoms with van der Waals surface area (Å²) >= 11 is 6.23. The van der Waals surface area contributed by atoms with Gasteiger partial charge in [-0.25, -0.2) is 9.07 Å². The lowest BCUT2D eigenvalue weighted by Crippen LogP contribution is -2.36. The molecule has 0 bridgehead atoms. The van der Waals surface area contributed by atoms with Gasteiger partial charge in [-0.2, -0.15) is 5.10 Å². The van der Waals surface area contributed by atoms with E-state index in [2.05, 4.69) is 5.10 Å². The smallest absolute Gasteiger partial charge is 0.286 e. The number of hydrogen-bond donors (Lipinski definition) is 0. The number of ether oxygens (including phenoxy) is 1. The van der Waals surface area contributed by atoms with Crippen molar-refractivity contribution >= 4 is 11.6 Å². The third kappa shape index (κ3) is 4.57. The van der Waals surface area contributed by atoms with E-state index in [1.54, 1.807) is 18.3 Å². The van der Waals surface area contributed by atoms with Gasteiger partial charge in [0.05, 0.1) is 11.7 Å². The van der Waals surface area contributed by atoms with Crippen molar-refractivity contribution in [3.8, 4) is 5.75 Å². The summed E-state index contributed by atoms with van der Waals surface area (Å²) in [5, 5.41) is 4.41. The molecule has 1 aromatic heterocycles. The molecule has 0 spiro atoms. The van der Waals surface area contributed by atoms with Crippen LogP contribution in [0.1, 0.15) is 38.8 Å². The Bertz CT molecular complexity index is 749. The molecule has 0 aliphatic carbocycles. The zero-order valence-corrected chi connectivity index (χ0v) is 15.1. The first-order chi connectivity index (χ1) is 11.2. The highest BCUT2D eigenvalue weighted by Gasteiger charge is 2.19. The van der Waals surface area contributed by atoms with Gasteiger partial charge in [0.2, 0.25) is 0 Å². The van der Waals surface area contributed by atoms with Crippen molar-refractivity contribution in [2.75, 3.05) is 6.61 Å². The number of rotatable bonds is 5. The van der Waals surface area contributed by atoms with Crippen molar-refractivity contribution in [1.29, 1.82) is 0 Å². The Hall–Kier alpha value is -1.88. The Morgan fingerprint density at radius 3 is 2.46 bits per heavy atom. The molecule has 6 heteroatoms. The van der Waals surface area contributed by atoms with Crippen molar-refractivity contribution in [3.05, 3.63) is 57.0 Å². The average molecular weight is 353 g/mol. The quantitative estimate of drug-likeness (QED) is 0.817. The van der Waals surface area contributed by atoms with Crippen LogP contribution in [0.4, 0.5) is 4.39 Å². The Morgan fingerprint density at radius 2 is 1.92 bits per heavy atom. The minimum absolute atomic E-state index is 0.0279. The molecule has 0 aliphatic rings. The second-order valence-electron chi connectivity index (χ2n) is 6.78. The van der Waals surface area contributed by atoms with Gasteiger partial charge in [-0.3, -0.25) is 4.79 Å². The summed E-state index contributed by atoms with van der Waals surface area (Å²) in [7, 11) is 0. The molecular formula is C18H22ClFN2O2. The van der Waals surface area contributed by atoms with E-state index < -0.39 is 11.7 Å². The monoisotopic (exact) mass is 352 g/mol. The van der Waals surface area contributed by atoms with Crippen LogP contribution < -0.4 is 10.3 Å². The van der Waals surface area contributed by atoms with Crippen LogP contribution in [0.25, 0.3) is 0 Å². The van der Waals surface area contributed by atoms with Gasteiger partial charge < -0.3 is 4.74 Å². The van der Waals surface area contributed by atoms with Crippen LogP contribution in [0.5, 0.6) is 5.75 Å². The molecular weight excluding hydrogens is 331 g/mol. The van der Waals surface area contributed by atoms with Crippen LogP contribution in [0.15, 0.2) is 35.3 Å². The van der Waals surface area contributed by atoms with E-state index in [0.29, 0.717) is 17.7 Å². The van der Waals surface area contributed by atoms with Gasteiger partial charge in [-0.1, -0.05) is 23.7 Å². The van der Waals surface area contributed by atoms with Gasteiger partial charge in [-0.05, 0) is 45.4 Å². The number of benzene rings is 1. The molecule has 0 aliphatic heterocycles. The molecule has 1 atom stereocenters. The first-order valence-corrected chi connectivity index (χ1v) is 8.19. The zero-order valence-electron chi connectivity index (χ0n) is 14.3. The largest absolute Gasteiger partial charge is 0.491 e. The van der Waals surface area contributed by atoms with E-state index in [4.69, 9.17) is 16.3 Å². The zero-order chi connectivity index (χ0) is 17.9. The van der Waals surface area contributed by atoms with Crippen molar-refractivity contribution in [2.24, 2.45) is 0 Å². The van der Waals surface area contributed by atoms with Gasteiger partial charge in [0.1, 0.15) is 23.6 Å². The van der Waals surface area contributed by atoms with Crippen molar-refractivity contribution in [2.45, 2.75) is 45.8 Å². The third-order valence-corrected chi connectivity index (χ3v) is 3.83. The van der Waals surface area contributed by atoms with Crippen LogP contribution in [-0.2, 0) is 12.0 Å². The normalized spacial score (nSPS) is 12.9. The Labute approximate surface area is 146 Å². The fourth-order valence-electron chi connectivity index (χ4n) is 2.20.